The Morgan fingerprint density at radius 2 is 2.18 bits per heavy atom. The smallest absolute Gasteiger partial charge is 0.0702 e. The van der Waals surface area contributed by atoms with Gasteiger partial charge in [-0.25, -0.2) is 0 Å². The second kappa shape index (κ2) is 3.24. The molecule has 0 aromatic heterocycles. The van der Waals surface area contributed by atoms with Crippen LogP contribution in [-0.4, -0.2) is 5.11 Å². The molecule has 1 rings (SSSR count). The summed E-state index contributed by atoms with van der Waals surface area (Å²) in [6.45, 7) is 1.96. The average molecular weight is 216 g/mol. The van der Waals surface area contributed by atoms with Crippen LogP contribution in [-0.2, 0) is 6.61 Å². The highest BCUT2D eigenvalue weighted by Gasteiger charge is 2.00. The summed E-state index contributed by atoms with van der Waals surface area (Å²) in [7, 11) is 0. The molecule has 3 N–H and O–H groups in total. The molecular formula is C8H10BrNO. The van der Waals surface area contributed by atoms with Gasteiger partial charge in [-0.1, -0.05) is 22.0 Å². The Labute approximate surface area is 74.2 Å². The van der Waals surface area contributed by atoms with Crippen LogP contribution in [0.3, 0.4) is 0 Å². The number of nitrogens with two attached hydrogens (primary N) is 1. The van der Waals surface area contributed by atoms with Gasteiger partial charge in [-0.15, -0.1) is 0 Å². The zero-order valence-electron chi connectivity index (χ0n) is 6.26. The number of hydrogen-bond donors (Lipinski definition) is 2. The Bertz CT molecular complexity index is 273. The van der Waals surface area contributed by atoms with Crippen molar-refractivity contribution in [2.75, 3.05) is 5.73 Å². The number of rotatable bonds is 1. The highest BCUT2D eigenvalue weighted by atomic mass is 79.9. The number of aryl methyl sites for hydroxylation is 1. The molecule has 2 nitrogen and oxygen atoms in total. The summed E-state index contributed by atoms with van der Waals surface area (Å²) >= 11 is 3.35. The lowest BCUT2D eigenvalue weighted by molar-refractivity contribution is 0.282. The Hall–Kier alpha value is -0.540. The molecule has 3 heteroatoms. The lowest BCUT2D eigenvalue weighted by Gasteiger charge is -2.05. The maximum atomic E-state index is 8.84. The fourth-order valence-electron chi connectivity index (χ4n) is 0.894. The van der Waals surface area contributed by atoms with E-state index in [1.54, 1.807) is 6.07 Å². The van der Waals surface area contributed by atoms with Crippen molar-refractivity contribution in [3.8, 4) is 0 Å². The molecule has 0 bridgehead atoms. The molecule has 0 aliphatic rings. The summed E-state index contributed by atoms with van der Waals surface area (Å²) in [5.74, 6) is 0. The number of aliphatic hydroxyl groups is 1. The predicted octanol–water partition coefficient (Wildman–Crippen LogP) is 1.83. The zero-order valence-corrected chi connectivity index (χ0v) is 7.85. The average Bonchev–Trinajstić information content (AvgIpc) is 1.97. The molecule has 1 aromatic rings. The number of hydrogen-bond acceptors (Lipinski definition) is 2. The van der Waals surface area contributed by atoms with Crippen LogP contribution < -0.4 is 5.73 Å². The van der Waals surface area contributed by atoms with E-state index in [0.29, 0.717) is 5.69 Å². The van der Waals surface area contributed by atoms with Gasteiger partial charge in [0, 0.05) is 15.7 Å². The first kappa shape index (κ1) is 8.56. The minimum absolute atomic E-state index is 0.0000463. The van der Waals surface area contributed by atoms with Crippen LogP contribution in [0.1, 0.15) is 11.1 Å². The van der Waals surface area contributed by atoms with E-state index in [-0.39, 0.29) is 6.61 Å². The van der Waals surface area contributed by atoms with Gasteiger partial charge in [0.15, 0.2) is 0 Å². The lowest BCUT2D eigenvalue weighted by Crippen LogP contribution is -1.95. The normalized spacial score (nSPS) is 10.1. The monoisotopic (exact) mass is 215 g/mol. The lowest BCUT2D eigenvalue weighted by atomic mass is 10.1. The Kier molecular flexibility index (Phi) is 2.52. The van der Waals surface area contributed by atoms with Crippen LogP contribution in [0.5, 0.6) is 0 Å². The molecular weight excluding hydrogens is 206 g/mol. The molecule has 0 heterocycles. The second-order valence-corrected chi connectivity index (χ2v) is 3.31. The third-order valence-electron chi connectivity index (χ3n) is 1.59. The number of nitrogen functional groups attached to an aromatic ring is 1. The van der Waals surface area contributed by atoms with E-state index in [0.717, 1.165) is 15.6 Å². The van der Waals surface area contributed by atoms with Crippen LogP contribution >= 0.6 is 15.9 Å². The summed E-state index contributed by atoms with van der Waals surface area (Å²) < 4.78 is 0.979. The zero-order chi connectivity index (χ0) is 8.43. The first-order valence-corrected chi connectivity index (χ1v) is 4.10. The van der Waals surface area contributed by atoms with Crippen molar-refractivity contribution >= 4 is 21.6 Å². The predicted molar refractivity (Wildman–Crippen MR) is 49.2 cm³/mol. The number of halogens is 1. The van der Waals surface area contributed by atoms with Crippen molar-refractivity contribution in [1.29, 1.82) is 0 Å². The molecule has 0 atom stereocenters. The molecule has 1 aromatic carbocycles. The van der Waals surface area contributed by atoms with Crippen molar-refractivity contribution in [2.24, 2.45) is 0 Å². The summed E-state index contributed by atoms with van der Waals surface area (Å²) in [6, 6.07) is 3.68. The summed E-state index contributed by atoms with van der Waals surface area (Å²) in [5.41, 5.74) is 8.11. The van der Waals surface area contributed by atoms with Gasteiger partial charge in [-0.3, -0.25) is 0 Å². The topological polar surface area (TPSA) is 46.2 Å². The van der Waals surface area contributed by atoms with Crippen molar-refractivity contribution in [2.45, 2.75) is 13.5 Å². The molecule has 0 saturated carbocycles. The fourth-order valence-corrected chi connectivity index (χ4v) is 1.25. The van der Waals surface area contributed by atoms with Crippen LogP contribution in [0.25, 0.3) is 0 Å². The molecule has 0 aliphatic carbocycles. The van der Waals surface area contributed by atoms with Gasteiger partial charge in [-0.05, 0) is 18.6 Å². The Morgan fingerprint density at radius 3 is 2.73 bits per heavy atom. The molecule has 0 unspecified atom stereocenters. The van der Waals surface area contributed by atoms with Crippen LogP contribution in [0.15, 0.2) is 16.6 Å². The highest BCUT2D eigenvalue weighted by Crippen LogP contribution is 2.22. The van der Waals surface area contributed by atoms with Gasteiger partial charge in [0.05, 0.1) is 6.61 Å². The SMILES string of the molecule is Cc1cc(CO)c(N)cc1Br. The third kappa shape index (κ3) is 1.73. The van der Waals surface area contributed by atoms with Gasteiger partial charge in [0.1, 0.15) is 0 Å². The molecule has 0 saturated heterocycles. The first-order chi connectivity index (χ1) is 5.15. The van der Waals surface area contributed by atoms with Crippen molar-refractivity contribution in [3.63, 3.8) is 0 Å². The fraction of sp³-hybridized carbons (Fsp3) is 0.250. The van der Waals surface area contributed by atoms with Gasteiger partial charge >= 0.3 is 0 Å². The number of aliphatic hydroxyl groups excluding tert-OH is 1. The summed E-state index contributed by atoms with van der Waals surface area (Å²) in [5, 5.41) is 8.84. The van der Waals surface area contributed by atoms with E-state index in [1.807, 2.05) is 13.0 Å². The Morgan fingerprint density at radius 1 is 1.55 bits per heavy atom. The van der Waals surface area contributed by atoms with Crippen molar-refractivity contribution in [1.82, 2.24) is 0 Å². The van der Waals surface area contributed by atoms with Crippen LogP contribution in [0.2, 0.25) is 0 Å². The van der Waals surface area contributed by atoms with E-state index in [9.17, 15) is 0 Å². The largest absolute Gasteiger partial charge is 0.398 e. The van der Waals surface area contributed by atoms with Crippen molar-refractivity contribution < 1.29 is 5.11 Å². The van der Waals surface area contributed by atoms with Crippen molar-refractivity contribution in [3.05, 3.63) is 27.7 Å². The first-order valence-electron chi connectivity index (χ1n) is 3.30. The minimum Gasteiger partial charge on any atom is -0.398 e. The van der Waals surface area contributed by atoms with E-state index in [2.05, 4.69) is 15.9 Å². The van der Waals surface area contributed by atoms with E-state index >= 15 is 0 Å². The van der Waals surface area contributed by atoms with Gasteiger partial charge in [-0.2, -0.15) is 0 Å². The Balaban J connectivity index is 3.21. The summed E-state index contributed by atoms with van der Waals surface area (Å²) in [6.07, 6.45) is 0. The maximum Gasteiger partial charge on any atom is 0.0702 e. The van der Waals surface area contributed by atoms with E-state index in [1.165, 1.54) is 0 Å². The van der Waals surface area contributed by atoms with Gasteiger partial charge < -0.3 is 10.8 Å². The standard InChI is InChI=1S/C8H10BrNO/c1-5-2-6(4-11)8(10)3-7(5)9/h2-3,11H,4,10H2,1H3. The molecule has 0 spiro atoms. The van der Waals surface area contributed by atoms with Gasteiger partial charge in [0.2, 0.25) is 0 Å². The number of anilines is 1. The quantitative estimate of drug-likeness (QED) is 0.703. The number of benzene rings is 1. The molecule has 0 radical (unpaired) electrons. The second-order valence-electron chi connectivity index (χ2n) is 2.46. The molecule has 0 amide bonds. The summed E-state index contributed by atoms with van der Waals surface area (Å²) in [4.78, 5) is 0. The van der Waals surface area contributed by atoms with Gasteiger partial charge in [0.25, 0.3) is 0 Å². The van der Waals surface area contributed by atoms with E-state index in [4.69, 9.17) is 10.8 Å². The third-order valence-corrected chi connectivity index (χ3v) is 2.45. The molecule has 0 fully saturated rings. The van der Waals surface area contributed by atoms with Crippen LogP contribution in [0, 0.1) is 6.92 Å². The molecule has 11 heavy (non-hydrogen) atoms. The minimum atomic E-state index is -0.0000463. The van der Waals surface area contributed by atoms with E-state index < -0.39 is 0 Å². The molecule has 0 aliphatic heterocycles. The van der Waals surface area contributed by atoms with Crippen LogP contribution in [0.4, 0.5) is 5.69 Å². The highest BCUT2D eigenvalue weighted by molar-refractivity contribution is 9.10. The molecule has 60 valence electrons. The maximum absolute atomic E-state index is 8.84.